The SMILES string of the molecule is CC(=O)C(=O)[C@@H]1CCCCCCCCOC(C)[C@H](NC(=O)OC(C)(C)C)C(=O)N2C[C@H]3[C@@H]([C@H]2C(=O)N1)C3(C)C. The third-order valence-electron chi connectivity index (χ3n) is 8.42. The number of Topliss-reactive ketones (excluding diaryl/α,β-unsaturated/α-hetero) is 2. The van der Waals surface area contributed by atoms with E-state index in [0.717, 1.165) is 32.1 Å². The van der Waals surface area contributed by atoms with Gasteiger partial charge in [-0.25, -0.2) is 4.79 Å². The lowest BCUT2D eigenvalue weighted by Crippen LogP contribution is -2.60. The smallest absolute Gasteiger partial charge is 0.408 e. The number of piperidine rings is 1. The van der Waals surface area contributed by atoms with Gasteiger partial charge >= 0.3 is 6.09 Å². The number of rotatable bonds is 3. The first kappa shape index (κ1) is 31.0. The Hall–Kier alpha value is -2.49. The molecular weight excluding hydrogens is 502 g/mol. The fourth-order valence-electron chi connectivity index (χ4n) is 6.10. The Balaban J connectivity index is 1.91. The zero-order valence-electron chi connectivity index (χ0n) is 24.6. The molecule has 3 fully saturated rings. The third kappa shape index (κ3) is 7.58. The van der Waals surface area contributed by atoms with E-state index < -0.39 is 59.3 Å². The summed E-state index contributed by atoms with van der Waals surface area (Å²) in [4.78, 5) is 66.6. The highest BCUT2D eigenvalue weighted by Crippen LogP contribution is 2.65. The molecule has 2 heterocycles. The molecule has 39 heavy (non-hydrogen) atoms. The fourth-order valence-corrected chi connectivity index (χ4v) is 6.10. The van der Waals surface area contributed by atoms with Crippen LogP contribution in [0, 0.1) is 17.3 Å². The number of fused-ring (bicyclic) bond motifs is 3. The van der Waals surface area contributed by atoms with Crippen LogP contribution >= 0.6 is 0 Å². The van der Waals surface area contributed by atoms with Crippen LogP contribution in [0.25, 0.3) is 0 Å². The predicted octanol–water partition coefficient (Wildman–Crippen LogP) is 3.16. The second kappa shape index (κ2) is 12.4. The van der Waals surface area contributed by atoms with E-state index >= 15 is 0 Å². The lowest BCUT2D eigenvalue weighted by atomic mass is 9.97. The van der Waals surface area contributed by atoms with Crippen molar-refractivity contribution in [1.29, 1.82) is 0 Å². The summed E-state index contributed by atoms with van der Waals surface area (Å²) in [5, 5.41) is 5.53. The van der Waals surface area contributed by atoms with Gasteiger partial charge in [0.05, 0.1) is 12.1 Å². The van der Waals surface area contributed by atoms with Crippen molar-refractivity contribution >= 4 is 29.5 Å². The van der Waals surface area contributed by atoms with Gasteiger partial charge in [0.2, 0.25) is 17.6 Å². The summed E-state index contributed by atoms with van der Waals surface area (Å²) in [6, 6.07) is -2.78. The molecule has 0 spiro atoms. The van der Waals surface area contributed by atoms with Crippen molar-refractivity contribution in [3.8, 4) is 0 Å². The van der Waals surface area contributed by atoms with E-state index in [-0.39, 0.29) is 17.3 Å². The van der Waals surface area contributed by atoms with Crippen molar-refractivity contribution in [2.45, 2.75) is 123 Å². The quantitative estimate of drug-likeness (QED) is 0.517. The molecule has 2 N–H and O–H groups in total. The number of alkyl carbamates (subject to hydrolysis) is 1. The van der Waals surface area contributed by atoms with Crippen LogP contribution in [0.5, 0.6) is 0 Å². The standard InChI is InChI=1S/C29H47N3O7/c1-17(33)24(34)20-14-12-10-8-9-11-13-15-38-18(2)22(31-27(37)39-28(3,4)5)26(36)32-16-19-21(29(19,6)7)23(32)25(35)30-20/h18-23H,8-16H2,1-7H3,(H,30,35)(H,31,37)/t18?,19-,20-,21-,22-,23-/m0/s1. The van der Waals surface area contributed by atoms with Gasteiger partial charge in [0, 0.05) is 20.1 Å². The maximum Gasteiger partial charge on any atom is 0.408 e. The zero-order chi connectivity index (χ0) is 29.1. The largest absolute Gasteiger partial charge is 0.444 e. The van der Waals surface area contributed by atoms with Crippen LogP contribution in [0.3, 0.4) is 0 Å². The maximum absolute atomic E-state index is 14.0. The molecule has 6 atom stereocenters. The first-order chi connectivity index (χ1) is 18.1. The van der Waals surface area contributed by atoms with E-state index in [9.17, 15) is 24.0 Å². The zero-order valence-corrected chi connectivity index (χ0v) is 24.6. The average molecular weight is 550 g/mol. The number of hydrogen-bond acceptors (Lipinski definition) is 7. The number of nitrogens with zero attached hydrogens (tertiary/aromatic N) is 1. The van der Waals surface area contributed by atoms with Crippen LogP contribution in [-0.4, -0.2) is 77.4 Å². The minimum Gasteiger partial charge on any atom is -0.444 e. The number of carbonyl (C=O) groups excluding carboxylic acids is 5. The highest BCUT2D eigenvalue weighted by Gasteiger charge is 2.69. The summed E-state index contributed by atoms with van der Waals surface area (Å²) in [7, 11) is 0. The Kier molecular flexibility index (Phi) is 9.83. The van der Waals surface area contributed by atoms with Crippen molar-refractivity contribution in [2.75, 3.05) is 13.2 Å². The summed E-state index contributed by atoms with van der Waals surface area (Å²) >= 11 is 0. The van der Waals surface area contributed by atoms with E-state index in [1.807, 2.05) is 0 Å². The Morgan fingerprint density at radius 3 is 2.28 bits per heavy atom. The molecule has 2 aliphatic heterocycles. The first-order valence-electron chi connectivity index (χ1n) is 14.4. The van der Waals surface area contributed by atoms with Crippen LogP contribution in [-0.2, 0) is 28.7 Å². The molecule has 3 amide bonds. The van der Waals surface area contributed by atoms with Gasteiger partial charge in [0.15, 0.2) is 5.78 Å². The van der Waals surface area contributed by atoms with E-state index in [0.29, 0.717) is 26.0 Å². The summed E-state index contributed by atoms with van der Waals surface area (Å²) in [6.45, 7) is 13.1. The maximum atomic E-state index is 14.0. The summed E-state index contributed by atoms with van der Waals surface area (Å²) in [5.41, 5.74) is -0.901. The Morgan fingerprint density at radius 2 is 1.67 bits per heavy atom. The van der Waals surface area contributed by atoms with Gasteiger partial charge in [-0.1, -0.05) is 46.0 Å². The monoisotopic (exact) mass is 549 g/mol. The third-order valence-corrected chi connectivity index (χ3v) is 8.42. The molecule has 3 rings (SSSR count). The molecule has 220 valence electrons. The molecule has 3 aliphatic rings. The van der Waals surface area contributed by atoms with Gasteiger partial charge in [0.25, 0.3) is 0 Å². The lowest BCUT2D eigenvalue weighted by Gasteiger charge is -2.35. The van der Waals surface area contributed by atoms with Crippen LogP contribution in [0.1, 0.15) is 93.4 Å². The van der Waals surface area contributed by atoms with Gasteiger partial charge in [-0.2, -0.15) is 0 Å². The summed E-state index contributed by atoms with van der Waals surface area (Å²) in [5.74, 6) is -2.04. The second-order valence-electron chi connectivity index (χ2n) is 13.0. The average Bonchev–Trinajstić information content (AvgIpc) is 3.15. The van der Waals surface area contributed by atoms with Crippen LogP contribution in [0.2, 0.25) is 0 Å². The van der Waals surface area contributed by atoms with E-state index in [1.165, 1.54) is 11.8 Å². The fraction of sp³-hybridized carbons (Fsp3) is 0.828. The molecule has 0 radical (unpaired) electrons. The van der Waals surface area contributed by atoms with Gasteiger partial charge in [-0.05, 0) is 57.8 Å². The van der Waals surface area contributed by atoms with E-state index in [1.54, 1.807) is 27.7 Å². The Bertz CT molecular complexity index is 957. The molecule has 1 unspecified atom stereocenters. The van der Waals surface area contributed by atoms with Gasteiger partial charge in [-0.15, -0.1) is 0 Å². The number of ketones is 2. The van der Waals surface area contributed by atoms with Gasteiger partial charge in [-0.3, -0.25) is 19.2 Å². The van der Waals surface area contributed by atoms with Crippen molar-refractivity contribution in [3.63, 3.8) is 0 Å². The Morgan fingerprint density at radius 1 is 1.05 bits per heavy atom. The topological polar surface area (TPSA) is 131 Å². The minimum atomic E-state index is -1.05. The number of hydrogen-bond donors (Lipinski definition) is 2. The molecule has 1 aliphatic carbocycles. The number of amides is 3. The van der Waals surface area contributed by atoms with Crippen molar-refractivity contribution < 1.29 is 33.4 Å². The van der Waals surface area contributed by atoms with Crippen LogP contribution in [0.4, 0.5) is 4.79 Å². The molecule has 10 heteroatoms. The molecule has 0 aromatic carbocycles. The highest BCUT2D eigenvalue weighted by molar-refractivity contribution is 6.38. The predicted molar refractivity (Wildman–Crippen MR) is 145 cm³/mol. The first-order valence-corrected chi connectivity index (χ1v) is 14.4. The molecule has 0 aromatic rings. The number of carbonyl (C=O) groups is 5. The molecular formula is C29H47N3O7. The van der Waals surface area contributed by atoms with E-state index in [2.05, 4.69) is 24.5 Å². The van der Waals surface area contributed by atoms with E-state index in [4.69, 9.17) is 9.47 Å². The number of ether oxygens (including phenoxy) is 2. The van der Waals surface area contributed by atoms with Crippen molar-refractivity contribution in [2.24, 2.45) is 17.3 Å². The van der Waals surface area contributed by atoms with Crippen LogP contribution in [0.15, 0.2) is 0 Å². The van der Waals surface area contributed by atoms with Crippen molar-refractivity contribution in [3.05, 3.63) is 0 Å². The molecule has 10 nitrogen and oxygen atoms in total. The summed E-state index contributed by atoms with van der Waals surface area (Å²) in [6.07, 6.45) is 4.32. The molecule has 2 saturated heterocycles. The molecule has 0 bridgehead atoms. The summed E-state index contributed by atoms with van der Waals surface area (Å²) < 4.78 is 11.4. The molecule has 1 saturated carbocycles. The van der Waals surface area contributed by atoms with Gasteiger partial charge in [0.1, 0.15) is 17.7 Å². The van der Waals surface area contributed by atoms with Crippen LogP contribution < -0.4 is 10.6 Å². The number of nitrogens with one attached hydrogen (secondary N) is 2. The van der Waals surface area contributed by atoms with Crippen molar-refractivity contribution in [1.82, 2.24) is 15.5 Å². The Labute approximate surface area is 232 Å². The van der Waals surface area contributed by atoms with Gasteiger partial charge < -0.3 is 25.0 Å². The normalized spacial score (nSPS) is 32.2. The second-order valence-corrected chi connectivity index (χ2v) is 13.0. The lowest BCUT2D eigenvalue weighted by molar-refractivity contribution is -0.145. The molecule has 0 aromatic heterocycles. The highest BCUT2D eigenvalue weighted by atomic mass is 16.6. The minimum absolute atomic E-state index is 0.0879.